The maximum atomic E-state index is 13.0. The van der Waals surface area contributed by atoms with Crippen molar-refractivity contribution >= 4 is 0 Å². The van der Waals surface area contributed by atoms with Gasteiger partial charge in [0.2, 0.25) is 0 Å². The van der Waals surface area contributed by atoms with Crippen LogP contribution in [0.5, 0.6) is 0 Å². The number of rotatable bonds is 2. The van der Waals surface area contributed by atoms with E-state index in [4.69, 9.17) is 10.8 Å². The molecule has 0 aromatic carbocycles. The number of aliphatic hydroxyl groups excluding tert-OH is 1. The number of hydrogen-bond acceptors (Lipinski definition) is 3. The molecule has 0 unspecified atom stereocenters. The van der Waals surface area contributed by atoms with E-state index in [1.807, 2.05) is 0 Å². The van der Waals surface area contributed by atoms with Crippen LogP contribution in [-0.4, -0.2) is 16.2 Å². The largest absolute Gasteiger partial charge is 0.391 e. The van der Waals surface area contributed by atoms with Crippen molar-refractivity contribution in [3.8, 4) is 0 Å². The number of hydrogen-bond donors (Lipinski definition) is 2. The van der Waals surface area contributed by atoms with Crippen LogP contribution < -0.4 is 5.73 Å². The Morgan fingerprint density at radius 3 is 2.62 bits per heavy atom. The molecule has 0 bridgehead atoms. The molecular weight excluding hydrogens is 178 g/mol. The van der Waals surface area contributed by atoms with Gasteiger partial charge >= 0.3 is 0 Å². The zero-order valence-electron chi connectivity index (χ0n) is 7.04. The molecule has 0 aliphatic rings. The molecule has 1 aromatic rings. The molecule has 2 atom stereocenters. The van der Waals surface area contributed by atoms with Gasteiger partial charge in [0, 0.05) is 6.07 Å². The molecule has 3 N–H and O–H groups in total. The van der Waals surface area contributed by atoms with E-state index >= 15 is 0 Å². The molecular formula is C8H10F2N2O. The van der Waals surface area contributed by atoms with Crippen molar-refractivity contribution in [1.29, 1.82) is 0 Å². The van der Waals surface area contributed by atoms with Crippen LogP contribution in [0.15, 0.2) is 12.3 Å². The number of aromatic nitrogens is 1. The molecule has 1 heterocycles. The van der Waals surface area contributed by atoms with E-state index in [0.29, 0.717) is 6.07 Å². The topological polar surface area (TPSA) is 59.1 Å². The molecule has 0 fully saturated rings. The maximum Gasteiger partial charge on any atom is 0.149 e. The lowest BCUT2D eigenvalue weighted by Gasteiger charge is -2.14. The van der Waals surface area contributed by atoms with Gasteiger partial charge in [-0.25, -0.2) is 8.78 Å². The van der Waals surface area contributed by atoms with Crippen molar-refractivity contribution in [2.75, 3.05) is 0 Å². The van der Waals surface area contributed by atoms with Crippen LogP contribution in [-0.2, 0) is 0 Å². The van der Waals surface area contributed by atoms with E-state index in [0.717, 1.165) is 6.20 Å². The van der Waals surface area contributed by atoms with Crippen LogP contribution in [0.3, 0.4) is 0 Å². The van der Waals surface area contributed by atoms with Crippen LogP contribution in [0.4, 0.5) is 8.78 Å². The summed E-state index contributed by atoms with van der Waals surface area (Å²) in [5.41, 5.74) is 5.29. The van der Waals surface area contributed by atoms with Crippen molar-refractivity contribution in [3.05, 3.63) is 29.6 Å². The van der Waals surface area contributed by atoms with Crippen molar-refractivity contribution in [3.63, 3.8) is 0 Å². The summed E-state index contributed by atoms with van der Waals surface area (Å²) in [5.74, 6) is -1.60. The number of nitrogens with two attached hydrogens (primary N) is 1. The van der Waals surface area contributed by atoms with Gasteiger partial charge in [0.1, 0.15) is 11.6 Å². The second-order valence-corrected chi connectivity index (χ2v) is 2.79. The molecule has 0 amide bonds. The highest BCUT2D eigenvalue weighted by molar-refractivity contribution is 5.13. The van der Waals surface area contributed by atoms with Crippen molar-refractivity contribution in [2.24, 2.45) is 5.73 Å². The first-order chi connectivity index (χ1) is 6.02. The standard InChI is InChI=1S/C8H10F2N2O/c1-4(13)7(11)8-6(10)2-5(9)3-12-8/h2-4,7,13H,11H2,1H3/t4-,7-/m1/s1. The van der Waals surface area contributed by atoms with Crippen LogP contribution in [0, 0.1) is 11.6 Å². The molecule has 72 valence electrons. The van der Waals surface area contributed by atoms with E-state index in [-0.39, 0.29) is 5.69 Å². The highest BCUT2D eigenvalue weighted by atomic mass is 19.1. The van der Waals surface area contributed by atoms with Gasteiger partial charge in [-0.15, -0.1) is 0 Å². The zero-order valence-corrected chi connectivity index (χ0v) is 7.04. The Morgan fingerprint density at radius 2 is 2.15 bits per heavy atom. The fraction of sp³-hybridized carbons (Fsp3) is 0.375. The van der Waals surface area contributed by atoms with E-state index < -0.39 is 23.8 Å². The van der Waals surface area contributed by atoms with E-state index in [1.54, 1.807) is 0 Å². The van der Waals surface area contributed by atoms with Gasteiger partial charge in [-0.2, -0.15) is 0 Å². The zero-order chi connectivity index (χ0) is 10.0. The van der Waals surface area contributed by atoms with Crippen LogP contribution >= 0.6 is 0 Å². The van der Waals surface area contributed by atoms with Gasteiger partial charge in [0.25, 0.3) is 0 Å². The number of aliphatic hydroxyl groups is 1. The highest BCUT2D eigenvalue weighted by Gasteiger charge is 2.18. The average molecular weight is 188 g/mol. The lowest BCUT2D eigenvalue weighted by molar-refractivity contribution is 0.160. The van der Waals surface area contributed by atoms with E-state index in [2.05, 4.69) is 4.98 Å². The average Bonchev–Trinajstić information content (AvgIpc) is 2.03. The fourth-order valence-corrected chi connectivity index (χ4v) is 0.899. The number of nitrogens with zero attached hydrogens (tertiary/aromatic N) is 1. The van der Waals surface area contributed by atoms with E-state index in [9.17, 15) is 8.78 Å². The minimum atomic E-state index is -0.930. The van der Waals surface area contributed by atoms with Crippen molar-refractivity contribution < 1.29 is 13.9 Å². The molecule has 0 saturated heterocycles. The summed E-state index contributed by atoms with van der Waals surface area (Å²) < 4.78 is 25.4. The summed E-state index contributed by atoms with van der Waals surface area (Å²) in [4.78, 5) is 3.46. The Kier molecular flexibility index (Phi) is 2.90. The number of pyridine rings is 1. The third kappa shape index (κ3) is 2.19. The molecule has 0 radical (unpaired) electrons. The minimum Gasteiger partial charge on any atom is -0.391 e. The van der Waals surface area contributed by atoms with Gasteiger partial charge in [0.05, 0.1) is 24.0 Å². The van der Waals surface area contributed by atoms with Gasteiger partial charge in [-0.3, -0.25) is 4.98 Å². The maximum absolute atomic E-state index is 13.0. The Balaban J connectivity index is 3.01. The Bertz CT molecular complexity index is 304. The molecule has 0 aliphatic heterocycles. The molecule has 13 heavy (non-hydrogen) atoms. The van der Waals surface area contributed by atoms with Gasteiger partial charge in [-0.1, -0.05) is 0 Å². The predicted molar refractivity (Wildman–Crippen MR) is 42.8 cm³/mol. The summed E-state index contributed by atoms with van der Waals surface area (Å²) in [7, 11) is 0. The Morgan fingerprint density at radius 1 is 1.54 bits per heavy atom. The predicted octanol–water partition coefficient (Wildman–Crippen LogP) is 0.740. The molecule has 0 spiro atoms. The van der Waals surface area contributed by atoms with E-state index in [1.165, 1.54) is 6.92 Å². The summed E-state index contributed by atoms with van der Waals surface area (Å²) in [5, 5.41) is 9.04. The summed E-state index contributed by atoms with van der Waals surface area (Å²) in [6.45, 7) is 1.41. The normalized spacial score (nSPS) is 15.5. The summed E-state index contributed by atoms with van der Waals surface area (Å²) in [6.07, 6.45) is -0.0619. The summed E-state index contributed by atoms with van der Waals surface area (Å²) in [6, 6.07) is -0.245. The first-order valence-electron chi connectivity index (χ1n) is 3.77. The Hall–Kier alpha value is -1.07. The molecule has 1 rings (SSSR count). The summed E-state index contributed by atoms with van der Waals surface area (Å²) >= 11 is 0. The molecule has 5 heteroatoms. The molecule has 0 saturated carbocycles. The highest BCUT2D eigenvalue weighted by Crippen LogP contribution is 2.15. The first kappa shape index (κ1) is 10.0. The first-order valence-corrected chi connectivity index (χ1v) is 3.77. The van der Waals surface area contributed by atoms with Crippen LogP contribution in [0.1, 0.15) is 18.7 Å². The molecule has 1 aromatic heterocycles. The second-order valence-electron chi connectivity index (χ2n) is 2.79. The third-order valence-electron chi connectivity index (χ3n) is 1.67. The fourth-order valence-electron chi connectivity index (χ4n) is 0.899. The van der Waals surface area contributed by atoms with Crippen LogP contribution in [0.25, 0.3) is 0 Å². The number of halogens is 2. The smallest absolute Gasteiger partial charge is 0.149 e. The lowest BCUT2D eigenvalue weighted by atomic mass is 10.1. The minimum absolute atomic E-state index is 0.128. The molecule has 3 nitrogen and oxygen atoms in total. The second kappa shape index (κ2) is 3.76. The van der Waals surface area contributed by atoms with Crippen molar-refractivity contribution in [2.45, 2.75) is 19.1 Å². The van der Waals surface area contributed by atoms with Gasteiger partial charge < -0.3 is 10.8 Å². The van der Waals surface area contributed by atoms with Gasteiger partial charge in [0.15, 0.2) is 0 Å². The lowest BCUT2D eigenvalue weighted by Crippen LogP contribution is -2.25. The van der Waals surface area contributed by atoms with Gasteiger partial charge in [-0.05, 0) is 6.92 Å². The SMILES string of the molecule is C[C@@H](O)[C@@H](N)c1ncc(F)cc1F. The van der Waals surface area contributed by atoms with Crippen molar-refractivity contribution in [1.82, 2.24) is 4.98 Å². The quantitative estimate of drug-likeness (QED) is 0.719. The van der Waals surface area contributed by atoms with Crippen LogP contribution in [0.2, 0.25) is 0 Å². The third-order valence-corrected chi connectivity index (χ3v) is 1.67. The Labute approximate surface area is 74.2 Å². The molecule has 0 aliphatic carbocycles. The monoisotopic (exact) mass is 188 g/mol.